The molecule has 4 amide bonds. The number of urea groups is 1. The molecule has 3 N–H and O–H groups in total. The number of aliphatic hydroxyl groups excluding tert-OH is 1. The lowest BCUT2D eigenvalue weighted by Gasteiger charge is -2.38. The van der Waals surface area contributed by atoms with Crippen molar-refractivity contribution in [3.05, 3.63) is 66.2 Å². The smallest absolute Gasteiger partial charge is 0.321 e. The number of fused-ring (bicyclic) bond motifs is 2. The molecule has 2 aliphatic rings. The van der Waals surface area contributed by atoms with Crippen molar-refractivity contribution in [2.45, 2.75) is 58.1 Å². The van der Waals surface area contributed by atoms with Crippen LogP contribution in [-0.4, -0.2) is 71.6 Å². The Morgan fingerprint density at radius 2 is 1.70 bits per heavy atom. The van der Waals surface area contributed by atoms with Crippen molar-refractivity contribution >= 4 is 40.0 Å². The average Bonchev–Trinajstić information content (AvgIpc) is 3.03. The van der Waals surface area contributed by atoms with Crippen molar-refractivity contribution in [3.63, 3.8) is 0 Å². The Hall–Kier alpha value is -4.11. The summed E-state index contributed by atoms with van der Waals surface area (Å²) in [5, 5.41) is 18.0. The van der Waals surface area contributed by atoms with E-state index in [0.29, 0.717) is 29.2 Å². The van der Waals surface area contributed by atoms with E-state index in [1.54, 1.807) is 42.0 Å². The van der Waals surface area contributed by atoms with Gasteiger partial charge in [-0.3, -0.25) is 9.59 Å². The number of nitrogens with zero attached hydrogens (tertiary/aromatic N) is 2. The highest BCUT2D eigenvalue weighted by atomic mass is 16.5. The Balaban J connectivity index is 1.42. The van der Waals surface area contributed by atoms with Crippen LogP contribution in [0.2, 0.25) is 0 Å². The lowest BCUT2D eigenvalue weighted by molar-refractivity contribution is -0.120. The molecule has 3 aromatic carbocycles. The van der Waals surface area contributed by atoms with Crippen LogP contribution in [0.4, 0.5) is 16.2 Å². The molecule has 1 aliphatic heterocycles. The third-order valence-corrected chi connectivity index (χ3v) is 8.76. The van der Waals surface area contributed by atoms with Gasteiger partial charge in [-0.05, 0) is 43.4 Å². The van der Waals surface area contributed by atoms with E-state index in [4.69, 9.17) is 4.74 Å². The summed E-state index contributed by atoms with van der Waals surface area (Å²) < 4.78 is 6.60. The number of carbonyl (C=O) groups excluding carboxylic acids is 3. The Kier molecular flexibility index (Phi) is 9.50. The minimum absolute atomic E-state index is 0.0667. The van der Waals surface area contributed by atoms with E-state index in [1.165, 1.54) is 0 Å². The minimum atomic E-state index is -0.503. The van der Waals surface area contributed by atoms with Gasteiger partial charge in [-0.15, -0.1) is 0 Å². The molecule has 43 heavy (non-hydrogen) atoms. The molecule has 3 atom stereocenters. The van der Waals surface area contributed by atoms with Crippen molar-refractivity contribution in [2.24, 2.45) is 11.8 Å². The van der Waals surface area contributed by atoms with Gasteiger partial charge in [0.05, 0.1) is 36.1 Å². The third-order valence-electron chi connectivity index (χ3n) is 8.76. The van der Waals surface area contributed by atoms with Gasteiger partial charge in [-0.25, -0.2) is 4.79 Å². The van der Waals surface area contributed by atoms with Crippen LogP contribution in [0.3, 0.4) is 0 Å². The number of anilines is 2. The molecular formula is C34H42N4O5. The maximum absolute atomic E-state index is 13.8. The first-order valence-corrected chi connectivity index (χ1v) is 15.3. The maximum Gasteiger partial charge on any atom is 0.321 e. The number of para-hydroxylation sites is 1. The first kappa shape index (κ1) is 30.4. The Bertz CT molecular complexity index is 1460. The van der Waals surface area contributed by atoms with E-state index < -0.39 is 12.1 Å². The molecule has 1 fully saturated rings. The normalized spacial score (nSPS) is 19.9. The van der Waals surface area contributed by atoms with Crippen LogP contribution in [-0.2, 0) is 4.79 Å². The first-order chi connectivity index (χ1) is 20.8. The summed E-state index contributed by atoms with van der Waals surface area (Å²) in [6.45, 7) is 4.16. The standard InChI is InChI=1S/C34H42N4O5/c1-22-19-38(23(2)21-39)33(41)27-16-10-18-29(35-32(40)25-12-5-4-6-13-25)31(27)43-30(22)20-37(3)34(42)36-28-17-9-14-24-11-7-8-15-26(24)28/h7-11,14-18,22-23,25,30,39H,4-6,12-13,19-21H2,1-3H3,(H,35,40)(H,36,42)/t22-,23+,30-/m0/s1. The summed E-state index contributed by atoms with van der Waals surface area (Å²) in [4.78, 5) is 43.6. The number of hydrogen-bond donors (Lipinski definition) is 3. The van der Waals surface area contributed by atoms with Gasteiger partial charge in [0.25, 0.3) is 5.91 Å². The SMILES string of the molecule is C[C@H](CO)N1C[C@H](C)[C@H](CN(C)C(=O)Nc2cccc3ccccc23)Oc2c(NC(=O)C3CCCCC3)cccc2C1=O. The van der Waals surface area contributed by atoms with Crippen LogP contribution in [0.5, 0.6) is 5.75 Å². The number of nitrogens with one attached hydrogen (secondary N) is 2. The van der Waals surface area contributed by atoms with Crippen LogP contribution in [0.25, 0.3) is 10.8 Å². The maximum atomic E-state index is 13.8. The van der Waals surface area contributed by atoms with E-state index in [0.717, 1.165) is 42.9 Å². The topological polar surface area (TPSA) is 111 Å². The van der Waals surface area contributed by atoms with Gasteiger partial charge in [-0.2, -0.15) is 0 Å². The summed E-state index contributed by atoms with van der Waals surface area (Å²) in [6.07, 6.45) is 4.39. The van der Waals surface area contributed by atoms with E-state index >= 15 is 0 Å². The number of aliphatic hydroxyl groups is 1. The molecule has 228 valence electrons. The lowest BCUT2D eigenvalue weighted by Crippen LogP contribution is -2.50. The predicted molar refractivity (Wildman–Crippen MR) is 168 cm³/mol. The van der Waals surface area contributed by atoms with E-state index in [-0.39, 0.29) is 42.8 Å². The zero-order chi connectivity index (χ0) is 30.5. The van der Waals surface area contributed by atoms with Crippen LogP contribution in [0, 0.1) is 11.8 Å². The second-order valence-corrected chi connectivity index (χ2v) is 12.0. The fourth-order valence-electron chi connectivity index (χ4n) is 6.06. The zero-order valence-electron chi connectivity index (χ0n) is 25.2. The van der Waals surface area contributed by atoms with Gasteiger partial charge >= 0.3 is 6.03 Å². The fraction of sp³-hybridized carbons (Fsp3) is 0.441. The number of amides is 4. The molecular weight excluding hydrogens is 544 g/mol. The molecule has 0 unspecified atom stereocenters. The second kappa shape index (κ2) is 13.5. The van der Waals surface area contributed by atoms with Crippen molar-refractivity contribution in [1.82, 2.24) is 9.80 Å². The van der Waals surface area contributed by atoms with Crippen LogP contribution in [0.15, 0.2) is 60.7 Å². The van der Waals surface area contributed by atoms with E-state index in [1.807, 2.05) is 49.4 Å². The van der Waals surface area contributed by atoms with Crippen LogP contribution < -0.4 is 15.4 Å². The molecule has 0 bridgehead atoms. The van der Waals surface area contributed by atoms with Gasteiger partial charge in [-0.1, -0.05) is 68.7 Å². The van der Waals surface area contributed by atoms with Crippen molar-refractivity contribution < 1.29 is 24.2 Å². The Labute approximate surface area is 253 Å². The van der Waals surface area contributed by atoms with Gasteiger partial charge in [0, 0.05) is 30.8 Å². The number of rotatable bonds is 7. The van der Waals surface area contributed by atoms with Crippen molar-refractivity contribution in [1.29, 1.82) is 0 Å². The van der Waals surface area contributed by atoms with Crippen molar-refractivity contribution in [2.75, 3.05) is 37.4 Å². The molecule has 1 aliphatic carbocycles. The first-order valence-electron chi connectivity index (χ1n) is 15.3. The molecule has 1 saturated carbocycles. The summed E-state index contributed by atoms with van der Waals surface area (Å²) >= 11 is 0. The molecule has 0 saturated heterocycles. The number of benzene rings is 3. The Morgan fingerprint density at radius 3 is 2.47 bits per heavy atom. The zero-order valence-corrected chi connectivity index (χ0v) is 25.2. The summed E-state index contributed by atoms with van der Waals surface area (Å²) in [7, 11) is 1.71. The van der Waals surface area contributed by atoms with Crippen LogP contribution in [0.1, 0.15) is 56.3 Å². The van der Waals surface area contributed by atoms with E-state index in [2.05, 4.69) is 10.6 Å². The van der Waals surface area contributed by atoms with E-state index in [9.17, 15) is 19.5 Å². The lowest BCUT2D eigenvalue weighted by atomic mass is 9.88. The van der Waals surface area contributed by atoms with Crippen molar-refractivity contribution in [3.8, 4) is 5.75 Å². The Morgan fingerprint density at radius 1 is 1.00 bits per heavy atom. The van der Waals surface area contributed by atoms with Gasteiger partial charge in [0.15, 0.2) is 5.75 Å². The second-order valence-electron chi connectivity index (χ2n) is 12.0. The van der Waals surface area contributed by atoms with Gasteiger partial charge in [0.2, 0.25) is 5.91 Å². The molecule has 0 radical (unpaired) electrons. The molecule has 9 heteroatoms. The number of likely N-dealkylation sites (N-methyl/N-ethyl adjacent to an activating group) is 1. The van der Waals surface area contributed by atoms with Gasteiger partial charge in [0.1, 0.15) is 6.10 Å². The van der Waals surface area contributed by atoms with Gasteiger partial charge < -0.3 is 30.3 Å². The molecule has 3 aromatic rings. The quantitative estimate of drug-likeness (QED) is 0.327. The predicted octanol–water partition coefficient (Wildman–Crippen LogP) is 5.74. The highest BCUT2D eigenvalue weighted by Crippen LogP contribution is 2.36. The fourth-order valence-corrected chi connectivity index (χ4v) is 6.06. The number of carbonyl (C=O) groups is 3. The summed E-state index contributed by atoms with van der Waals surface area (Å²) in [6, 6.07) is 18.1. The summed E-state index contributed by atoms with van der Waals surface area (Å²) in [5.74, 6) is -0.300. The highest BCUT2D eigenvalue weighted by molar-refractivity contribution is 6.03. The van der Waals surface area contributed by atoms with Crippen LogP contribution >= 0.6 is 0 Å². The molecule has 9 nitrogen and oxygen atoms in total. The highest BCUT2D eigenvalue weighted by Gasteiger charge is 2.35. The number of ether oxygens (including phenoxy) is 1. The average molecular weight is 587 g/mol. The monoisotopic (exact) mass is 586 g/mol. The minimum Gasteiger partial charge on any atom is -0.485 e. The third kappa shape index (κ3) is 6.77. The summed E-state index contributed by atoms with van der Waals surface area (Å²) in [5.41, 5.74) is 1.48. The number of hydrogen-bond acceptors (Lipinski definition) is 5. The molecule has 0 spiro atoms. The largest absolute Gasteiger partial charge is 0.485 e. The molecule has 5 rings (SSSR count). The molecule has 1 heterocycles. The molecule has 0 aromatic heterocycles.